The van der Waals surface area contributed by atoms with E-state index < -0.39 is 0 Å². The Morgan fingerprint density at radius 1 is 1.06 bits per heavy atom. The highest BCUT2D eigenvalue weighted by atomic mass is 127. The van der Waals surface area contributed by atoms with E-state index in [1.807, 2.05) is 56.3 Å². The van der Waals surface area contributed by atoms with Gasteiger partial charge in [-0.25, -0.2) is 4.99 Å². The van der Waals surface area contributed by atoms with Crippen LogP contribution in [0.4, 0.5) is 5.69 Å². The molecule has 0 bridgehead atoms. The number of anilines is 1. The highest BCUT2D eigenvalue weighted by Gasteiger charge is 2.07. The van der Waals surface area contributed by atoms with Crippen molar-refractivity contribution in [3.8, 4) is 17.2 Å². The van der Waals surface area contributed by atoms with Crippen LogP contribution in [-0.2, 0) is 6.54 Å². The average molecular weight is 556 g/mol. The third-order valence-electron chi connectivity index (χ3n) is 4.72. The molecule has 0 heterocycles. The summed E-state index contributed by atoms with van der Waals surface area (Å²) in [4.78, 5) is 6.74. The number of ether oxygens (including phenoxy) is 3. The van der Waals surface area contributed by atoms with Gasteiger partial charge in [0.05, 0.1) is 19.8 Å². The summed E-state index contributed by atoms with van der Waals surface area (Å²) >= 11 is 0. The third kappa shape index (κ3) is 9.52. The molecule has 0 amide bonds. The van der Waals surface area contributed by atoms with Crippen LogP contribution in [0.5, 0.6) is 17.2 Å². The fourth-order valence-corrected chi connectivity index (χ4v) is 3.01. The summed E-state index contributed by atoms with van der Waals surface area (Å²) in [6, 6.07) is 13.5. The molecule has 0 aliphatic rings. The van der Waals surface area contributed by atoms with Gasteiger partial charge in [-0.15, -0.1) is 24.0 Å². The molecule has 0 fully saturated rings. The van der Waals surface area contributed by atoms with E-state index >= 15 is 0 Å². The van der Waals surface area contributed by atoms with Gasteiger partial charge in [-0.05, 0) is 68.9 Å². The molecule has 0 spiro atoms. The molecule has 32 heavy (non-hydrogen) atoms. The van der Waals surface area contributed by atoms with Crippen molar-refractivity contribution < 1.29 is 14.2 Å². The van der Waals surface area contributed by atoms with E-state index in [-0.39, 0.29) is 30.1 Å². The van der Waals surface area contributed by atoms with Gasteiger partial charge in [-0.3, -0.25) is 0 Å². The maximum atomic E-state index is 6.04. The first-order valence-corrected chi connectivity index (χ1v) is 10.8. The van der Waals surface area contributed by atoms with Crippen molar-refractivity contribution in [2.24, 2.45) is 10.7 Å². The summed E-state index contributed by atoms with van der Waals surface area (Å²) in [6.45, 7) is 12.3. The lowest BCUT2D eigenvalue weighted by Gasteiger charge is -2.18. The summed E-state index contributed by atoms with van der Waals surface area (Å²) in [5, 5.41) is 3.09. The quantitative estimate of drug-likeness (QED) is 0.223. The van der Waals surface area contributed by atoms with Crippen molar-refractivity contribution >= 4 is 35.6 Å². The molecule has 0 aliphatic heterocycles. The molecule has 0 saturated heterocycles. The molecule has 2 rings (SSSR count). The number of methoxy groups -OCH3 is 1. The number of aliphatic imine (C=N–C) groups is 1. The first-order chi connectivity index (χ1) is 14.9. The summed E-state index contributed by atoms with van der Waals surface area (Å²) in [7, 11) is 1.64. The van der Waals surface area contributed by atoms with Gasteiger partial charge in [-0.2, -0.15) is 0 Å². The number of likely N-dealkylation sites (N-methyl/N-ethyl adjacent to an activating group) is 1. The fraction of sp³-hybridized carbons (Fsp3) is 0.458. The zero-order valence-electron chi connectivity index (χ0n) is 19.8. The first kappa shape index (κ1) is 27.8. The smallest absolute Gasteiger partial charge is 0.193 e. The average Bonchev–Trinajstić information content (AvgIpc) is 2.76. The second-order valence-corrected chi connectivity index (χ2v) is 7.38. The van der Waals surface area contributed by atoms with Gasteiger partial charge < -0.3 is 30.2 Å². The molecule has 0 radical (unpaired) electrons. The third-order valence-corrected chi connectivity index (χ3v) is 4.72. The van der Waals surface area contributed by atoms with E-state index in [4.69, 9.17) is 19.9 Å². The predicted octanol–water partition coefficient (Wildman–Crippen LogP) is 4.75. The number of halogens is 1. The number of nitrogens with one attached hydrogen (secondary N) is 1. The topological polar surface area (TPSA) is 81.3 Å². The Bertz CT molecular complexity index is 824. The Morgan fingerprint density at radius 3 is 2.34 bits per heavy atom. The van der Waals surface area contributed by atoms with E-state index in [9.17, 15) is 0 Å². The molecule has 0 atom stereocenters. The van der Waals surface area contributed by atoms with Crippen LogP contribution in [0.15, 0.2) is 47.5 Å². The molecule has 3 N–H and O–H groups in total. The Kier molecular flexibility index (Phi) is 12.9. The standard InChI is InChI=1S/C24H36N4O3.HI/c1-6-28(7-2)14-15-30-22-13-8-19(16-23(22)29-5)17-26-24(25)27-20-9-11-21(12-10-20)31-18(3)4;/h8-13,16,18H,6-7,14-15,17H2,1-5H3,(H3,25,26,27);1H. The van der Waals surface area contributed by atoms with Crippen molar-refractivity contribution in [3.05, 3.63) is 48.0 Å². The number of benzene rings is 2. The molecule has 2 aromatic carbocycles. The molecule has 7 nitrogen and oxygen atoms in total. The number of rotatable bonds is 12. The zero-order chi connectivity index (χ0) is 22.6. The molecule has 0 saturated carbocycles. The first-order valence-electron chi connectivity index (χ1n) is 10.8. The molecular formula is C24H37IN4O3. The van der Waals surface area contributed by atoms with Gasteiger partial charge in [0.1, 0.15) is 12.4 Å². The molecule has 178 valence electrons. The molecule has 0 aromatic heterocycles. The summed E-state index contributed by atoms with van der Waals surface area (Å²) in [5.41, 5.74) is 7.88. The van der Waals surface area contributed by atoms with E-state index in [2.05, 4.69) is 29.1 Å². The highest BCUT2D eigenvalue weighted by molar-refractivity contribution is 14.0. The Balaban J connectivity index is 0.00000512. The minimum atomic E-state index is 0. The van der Waals surface area contributed by atoms with Crippen molar-refractivity contribution in [3.63, 3.8) is 0 Å². The molecule has 0 aliphatic carbocycles. The largest absolute Gasteiger partial charge is 0.493 e. The number of hydrogen-bond donors (Lipinski definition) is 2. The number of nitrogens with zero attached hydrogens (tertiary/aromatic N) is 2. The summed E-state index contributed by atoms with van der Waals surface area (Å²) in [5.74, 6) is 2.59. The van der Waals surface area contributed by atoms with Crippen LogP contribution in [-0.4, -0.2) is 50.3 Å². The van der Waals surface area contributed by atoms with Crippen LogP contribution in [0, 0.1) is 0 Å². The second kappa shape index (κ2) is 14.8. The maximum absolute atomic E-state index is 6.04. The van der Waals surface area contributed by atoms with Crippen LogP contribution in [0.3, 0.4) is 0 Å². The van der Waals surface area contributed by atoms with Crippen molar-refractivity contribution in [1.82, 2.24) is 4.90 Å². The van der Waals surface area contributed by atoms with Crippen LogP contribution in [0.25, 0.3) is 0 Å². The van der Waals surface area contributed by atoms with E-state index in [1.54, 1.807) is 7.11 Å². The van der Waals surface area contributed by atoms with Gasteiger partial charge in [-0.1, -0.05) is 19.9 Å². The lowest BCUT2D eigenvalue weighted by atomic mass is 10.2. The molecule has 0 unspecified atom stereocenters. The second-order valence-electron chi connectivity index (χ2n) is 7.38. The summed E-state index contributed by atoms with van der Waals surface area (Å²) in [6.07, 6.45) is 0.140. The van der Waals surface area contributed by atoms with Gasteiger partial charge in [0.15, 0.2) is 17.5 Å². The van der Waals surface area contributed by atoms with Crippen LogP contribution in [0.1, 0.15) is 33.3 Å². The number of nitrogens with two attached hydrogens (primary N) is 1. The van der Waals surface area contributed by atoms with Gasteiger partial charge in [0.2, 0.25) is 0 Å². The van der Waals surface area contributed by atoms with Crippen LogP contribution in [0.2, 0.25) is 0 Å². The van der Waals surface area contributed by atoms with Crippen LogP contribution < -0.4 is 25.3 Å². The molecule has 2 aromatic rings. The van der Waals surface area contributed by atoms with Crippen molar-refractivity contribution in [2.45, 2.75) is 40.3 Å². The molecule has 8 heteroatoms. The lowest BCUT2D eigenvalue weighted by molar-refractivity contribution is 0.217. The van der Waals surface area contributed by atoms with Gasteiger partial charge in [0.25, 0.3) is 0 Å². The Hall–Kier alpha value is -2.20. The Labute approximate surface area is 209 Å². The van der Waals surface area contributed by atoms with E-state index in [0.29, 0.717) is 24.9 Å². The zero-order valence-corrected chi connectivity index (χ0v) is 22.1. The summed E-state index contributed by atoms with van der Waals surface area (Å²) < 4.78 is 17.0. The van der Waals surface area contributed by atoms with Gasteiger partial charge >= 0.3 is 0 Å². The van der Waals surface area contributed by atoms with Crippen molar-refractivity contribution in [1.29, 1.82) is 0 Å². The van der Waals surface area contributed by atoms with Gasteiger partial charge in [0, 0.05) is 12.2 Å². The highest BCUT2D eigenvalue weighted by Crippen LogP contribution is 2.28. The monoisotopic (exact) mass is 556 g/mol. The lowest BCUT2D eigenvalue weighted by Crippen LogP contribution is -2.27. The minimum Gasteiger partial charge on any atom is -0.493 e. The van der Waals surface area contributed by atoms with E-state index in [1.165, 1.54) is 0 Å². The normalized spacial score (nSPS) is 11.3. The Morgan fingerprint density at radius 2 is 1.75 bits per heavy atom. The SMILES string of the molecule is CCN(CC)CCOc1ccc(CN=C(N)Nc2ccc(OC(C)C)cc2)cc1OC.I. The minimum absolute atomic E-state index is 0. The number of guanidine groups is 1. The predicted molar refractivity (Wildman–Crippen MR) is 143 cm³/mol. The number of hydrogen-bond acceptors (Lipinski definition) is 5. The van der Waals surface area contributed by atoms with Crippen molar-refractivity contribution in [2.75, 3.05) is 38.7 Å². The molecular weight excluding hydrogens is 519 g/mol. The maximum Gasteiger partial charge on any atom is 0.193 e. The fourth-order valence-electron chi connectivity index (χ4n) is 3.01. The van der Waals surface area contributed by atoms with Crippen LogP contribution >= 0.6 is 24.0 Å². The van der Waals surface area contributed by atoms with E-state index in [0.717, 1.165) is 42.4 Å².